The van der Waals surface area contributed by atoms with Crippen LogP contribution in [0.2, 0.25) is 0 Å². The second-order valence-corrected chi connectivity index (χ2v) is 5.99. The predicted molar refractivity (Wildman–Crippen MR) is 80.6 cm³/mol. The van der Waals surface area contributed by atoms with E-state index in [1.165, 1.54) is 17.5 Å². The molecule has 0 radical (unpaired) electrons. The van der Waals surface area contributed by atoms with Crippen LogP contribution < -0.4 is 0 Å². The Kier molecular flexibility index (Phi) is 5.18. The number of nitrogens with zero attached hydrogens (tertiary/aromatic N) is 1. The average molecular weight is 275 g/mol. The first-order chi connectivity index (χ1) is 9.59. The number of benzene rings is 1. The van der Waals surface area contributed by atoms with E-state index in [1.807, 2.05) is 6.07 Å². The summed E-state index contributed by atoms with van der Waals surface area (Å²) in [5, 5.41) is 9.48. The van der Waals surface area contributed by atoms with E-state index in [0.717, 1.165) is 32.2 Å². The van der Waals surface area contributed by atoms with Gasteiger partial charge in [0.1, 0.15) is 0 Å². The van der Waals surface area contributed by atoms with Crippen molar-refractivity contribution in [3.05, 3.63) is 35.4 Å². The zero-order valence-electron chi connectivity index (χ0n) is 12.5. The van der Waals surface area contributed by atoms with E-state index in [1.54, 1.807) is 0 Å². The molecule has 1 aromatic carbocycles. The van der Waals surface area contributed by atoms with Gasteiger partial charge in [-0.3, -0.25) is 9.69 Å². The Hall–Kier alpha value is -1.35. The third-order valence-corrected chi connectivity index (χ3v) is 4.54. The third-order valence-electron chi connectivity index (χ3n) is 4.54. The van der Waals surface area contributed by atoms with Gasteiger partial charge in [-0.05, 0) is 37.9 Å². The SMILES string of the molecule is Cc1ccccc1CN(C)C1CCCCCC1C(=O)O. The molecule has 2 atom stereocenters. The maximum Gasteiger partial charge on any atom is 0.308 e. The molecule has 1 saturated carbocycles. The van der Waals surface area contributed by atoms with Crippen LogP contribution in [-0.2, 0) is 11.3 Å². The van der Waals surface area contributed by atoms with Gasteiger partial charge in [0.2, 0.25) is 0 Å². The van der Waals surface area contributed by atoms with E-state index < -0.39 is 5.97 Å². The molecule has 0 saturated heterocycles. The smallest absolute Gasteiger partial charge is 0.308 e. The standard InChI is InChI=1S/C17H25NO2/c1-13-8-6-7-9-14(13)12-18(2)16-11-5-3-4-10-15(16)17(19)20/h6-9,15-16H,3-5,10-12H2,1-2H3,(H,19,20). The molecule has 0 aromatic heterocycles. The lowest BCUT2D eigenvalue weighted by atomic mass is 9.93. The van der Waals surface area contributed by atoms with Crippen LogP contribution in [0.25, 0.3) is 0 Å². The molecule has 3 heteroatoms. The number of hydrogen-bond donors (Lipinski definition) is 1. The fourth-order valence-electron chi connectivity index (χ4n) is 3.28. The molecular weight excluding hydrogens is 250 g/mol. The van der Waals surface area contributed by atoms with Gasteiger partial charge >= 0.3 is 5.97 Å². The van der Waals surface area contributed by atoms with Gasteiger partial charge in [-0.2, -0.15) is 0 Å². The molecule has 2 unspecified atom stereocenters. The summed E-state index contributed by atoms with van der Waals surface area (Å²) in [6.45, 7) is 2.95. The Morgan fingerprint density at radius 2 is 1.95 bits per heavy atom. The average Bonchev–Trinajstić information content (AvgIpc) is 2.67. The number of hydrogen-bond acceptors (Lipinski definition) is 2. The van der Waals surface area contributed by atoms with Crippen LogP contribution in [0.5, 0.6) is 0 Å². The van der Waals surface area contributed by atoms with Crippen molar-refractivity contribution in [2.45, 2.75) is 51.6 Å². The zero-order chi connectivity index (χ0) is 14.5. The fourth-order valence-corrected chi connectivity index (χ4v) is 3.28. The summed E-state index contributed by atoms with van der Waals surface area (Å²) >= 11 is 0. The summed E-state index contributed by atoms with van der Waals surface area (Å²) in [6, 6.07) is 8.51. The molecule has 3 nitrogen and oxygen atoms in total. The largest absolute Gasteiger partial charge is 0.481 e. The normalized spacial score (nSPS) is 23.6. The van der Waals surface area contributed by atoms with Gasteiger partial charge in [-0.25, -0.2) is 0 Å². The molecule has 110 valence electrons. The molecule has 1 aliphatic carbocycles. The van der Waals surface area contributed by atoms with Gasteiger partial charge in [-0.15, -0.1) is 0 Å². The number of rotatable bonds is 4. The van der Waals surface area contributed by atoms with Crippen molar-refractivity contribution < 1.29 is 9.90 Å². The van der Waals surface area contributed by atoms with Crippen LogP contribution in [0.4, 0.5) is 0 Å². The first kappa shape index (κ1) is 15.0. The first-order valence-corrected chi connectivity index (χ1v) is 7.57. The van der Waals surface area contributed by atoms with E-state index in [4.69, 9.17) is 0 Å². The lowest BCUT2D eigenvalue weighted by Gasteiger charge is -2.31. The van der Waals surface area contributed by atoms with E-state index in [9.17, 15) is 9.90 Å². The zero-order valence-corrected chi connectivity index (χ0v) is 12.5. The fraction of sp³-hybridized carbons (Fsp3) is 0.588. The molecule has 1 aromatic rings. The number of aliphatic carboxylic acids is 1. The van der Waals surface area contributed by atoms with E-state index >= 15 is 0 Å². The van der Waals surface area contributed by atoms with Gasteiger partial charge in [-0.1, -0.05) is 43.5 Å². The molecule has 2 rings (SSSR count). The van der Waals surface area contributed by atoms with E-state index in [2.05, 4.69) is 37.1 Å². The van der Waals surface area contributed by atoms with Gasteiger partial charge < -0.3 is 5.11 Å². The van der Waals surface area contributed by atoms with Crippen molar-refractivity contribution in [1.29, 1.82) is 0 Å². The summed E-state index contributed by atoms with van der Waals surface area (Å²) in [4.78, 5) is 13.8. The summed E-state index contributed by atoms with van der Waals surface area (Å²) in [5.74, 6) is -0.847. The topological polar surface area (TPSA) is 40.5 Å². The quantitative estimate of drug-likeness (QED) is 0.855. The number of carboxylic acids is 1. The highest BCUT2D eigenvalue weighted by Crippen LogP contribution is 2.28. The molecule has 1 fully saturated rings. The summed E-state index contributed by atoms with van der Waals surface area (Å²) in [6.07, 6.45) is 5.17. The monoisotopic (exact) mass is 275 g/mol. The molecule has 0 aliphatic heterocycles. The van der Waals surface area contributed by atoms with Crippen molar-refractivity contribution in [1.82, 2.24) is 4.90 Å². The van der Waals surface area contributed by atoms with Gasteiger partial charge in [0.25, 0.3) is 0 Å². The Bertz CT molecular complexity index is 458. The molecule has 0 heterocycles. The highest BCUT2D eigenvalue weighted by Gasteiger charge is 2.32. The van der Waals surface area contributed by atoms with Crippen LogP contribution in [0.15, 0.2) is 24.3 Å². The van der Waals surface area contributed by atoms with Gasteiger partial charge in [0.05, 0.1) is 5.92 Å². The van der Waals surface area contributed by atoms with E-state index in [-0.39, 0.29) is 12.0 Å². The number of carbonyl (C=O) groups is 1. The maximum atomic E-state index is 11.5. The van der Waals surface area contributed by atoms with Crippen LogP contribution in [0, 0.1) is 12.8 Å². The molecular formula is C17H25NO2. The summed E-state index contributed by atoms with van der Waals surface area (Å²) in [7, 11) is 2.07. The first-order valence-electron chi connectivity index (χ1n) is 7.57. The van der Waals surface area contributed by atoms with Crippen molar-refractivity contribution in [2.75, 3.05) is 7.05 Å². The molecule has 0 bridgehead atoms. The second-order valence-electron chi connectivity index (χ2n) is 5.99. The highest BCUT2D eigenvalue weighted by molar-refractivity contribution is 5.70. The Morgan fingerprint density at radius 1 is 1.25 bits per heavy atom. The Morgan fingerprint density at radius 3 is 2.65 bits per heavy atom. The molecule has 1 N–H and O–H groups in total. The number of aryl methyl sites for hydroxylation is 1. The van der Waals surface area contributed by atoms with Crippen LogP contribution in [0.1, 0.15) is 43.2 Å². The Labute approximate surface area is 121 Å². The van der Waals surface area contributed by atoms with Crippen molar-refractivity contribution in [3.8, 4) is 0 Å². The predicted octanol–water partition coefficient (Wildman–Crippen LogP) is 3.46. The minimum atomic E-state index is -0.631. The van der Waals surface area contributed by atoms with Crippen molar-refractivity contribution >= 4 is 5.97 Å². The molecule has 0 amide bonds. The third kappa shape index (κ3) is 3.60. The minimum absolute atomic E-state index is 0.162. The van der Waals surface area contributed by atoms with Crippen LogP contribution in [0.3, 0.4) is 0 Å². The highest BCUT2D eigenvalue weighted by atomic mass is 16.4. The van der Waals surface area contributed by atoms with Crippen LogP contribution in [-0.4, -0.2) is 29.1 Å². The maximum absolute atomic E-state index is 11.5. The lowest BCUT2D eigenvalue weighted by molar-refractivity contribution is -0.144. The van der Waals surface area contributed by atoms with Crippen molar-refractivity contribution in [2.24, 2.45) is 5.92 Å². The van der Waals surface area contributed by atoms with Crippen molar-refractivity contribution in [3.63, 3.8) is 0 Å². The second kappa shape index (κ2) is 6.89. The van der Waals surface area contributed by atoms with E-state index in [0.29, 0.717) is 0 Å². The van der Waals surface area contributed by atoms with Gasteiger partial charge in [0.15, 0.2) is 0 Å². The number of carboxylic acid groups (broad SMARTS) is 1. The van der Waals surface area contributed by atoms with Gasteiger partial charge in [0, 0.05) is 12.6 Å². The summed E-state index contributed by atoms with van der Waals surface area (Å²) in [5.41, 5.74) is 2.57. The Balaban J connectivity index is 2.11. The summed E-state index contributed by atoms with van der Waals surface area (Å²) < 4.78 is 0. The lowest BCUT2D eigenvalue weighted by Crippen LogP contribution is -2.40. The molecule has 0 spiro atoms. The van der Waals surface area contributed by atoms with Crippen LogP contribution >= 0.6 is 0 Å². The molecule has 1 aliphatic rings. The molecule has 20 heavy (non-hydrogen) atoms. The minimum Gasteiger partial charge on any atom is -0.481 e.